The Morgan fingerprint density at radius 1 is 0.771 bits per heavy atom. The van der Waals surface area contributed by atoms with Crippen molar-refractivity contribution >= 4 is 29.1 Å². The van der Waals surface area contributed by atoms with E-state index >= 15 is 0 Å². The number of nitrogens with zero attached hydrogens (tertiary/aromatic N) is 1. The summed E-state index contributed by atoms with van der Waals surface area (Å²) in [6.07, 6.45) is 19.9. The highest BCUT2D eigenvalue weighted by atomic mass is 32.1. The number of esters is 1. The maximum atomic E-state index is 12.7. The van der Waals surface area contributed by atoms with Gasteiger partial charge < -0.3 is 15.4 Å². The molecule has 268 valence electrons. The zero-order valence-electron chi connectivity index (χ0n) is 30.0. The second-order valence-electron chi connectivity index (χ2n) is 13.5. The van der Waals surface area contributed by atoms with E-state index in [0.717, 1.165) is 95.8 Å². The number of carbonyl (C=O) groups excluding carboxylic acids is 3. The van der Waals surface area contributed by atoms with E-state index in [1.165, 1.54) is 49.0 Å². The van der Waals surface area contributed by atoms with Crippen LogP contribution in [0, 0.1) is 0 Å². The normalized spacial score (nSPS) is 14.1. The molecule has 48 heavy (non-hydrogen) atoms. The van der Waals surface area contributed by atoms with Crippen LogP contribution in [0.25, 0.3) is 0 Å². The SMILES string of the molecule is CCCCCCNC(=O)CCCCCCCCCCC(=O)NCCC(=O)Oc1cccc2c1CCC(N(CCC)CCc1cccs1)C2. The van der Waals surface area contributed by atoms with Crippen LogP contribution in [0.15, 0.2) is 35.7 Å². The minimum atomic E-state index is -0.294. The van der Waals surface area contributed by atoms with Crippen LogP contribution >= 0.6 is 11.3 Å². The van der Waals surface area contributed by atoms with Crippen LogP contribution in [-0.4, -0.2) is 54.9 Å². The van der Waals surface area contributed by atoms with Crippen molar-refractivity contribution in [3.05, 3.63) is 51.7 Å². The number of hydrogen-bond acceptors (Lipinski definition) is 6. The number of thiophene rings is 1. The van der Waals surface area contributed by atoms with Gasteiger partial charge in [0, 0.05) is 43.4 Å². The van der Waals surface area contributed by atoms with Gasteiger partial charge >= 0.3 is 5.97 Å². The molecule has 0 bridgehead atoms. The van der Waals surface area contributed by atoms with E-state index in [1.807, 2.05) is 23.5 Å². The number of fused-ring (bicyclic) bond motifs is 1. The van der Waals surface area contributed by atoms with Gasteiger partial charge in [0.15, 0.2) is 0 Å². The van der Waals surface area contributed by atoms with Gasteiger partial charge in [0.05, 0.1) is 6.42 Å². The number of carbonyl (C=O) groups is 3. The van der Waals surface area contributed by atoms with E-state index in [1.54, 1.807) is 0 Å². The fourth-order valence-corrected chi connectivity index (χ4v) is 7.40. The standard InChI is InChI=1S/C40H63N3O4S/c1-3-5-6-15-27-41-38(44)21-13-11-9-7-8-10-12-14-22-39(45)42-28-25-40(46)47-37-20-16-18-33-32-34(23-24-36(33)37)43(29-4-2)30-26-35-19-17-31-48-35/h16-20,31,34H,3-15,21-30,32H2,1-2H3,(H,41,44)(H,42,45). The third-order valence-electron chi connectivity index (χ3n) is 9.45. The zero-order chi connectivity index (χ0) is 34.2. The third kappa shape index (κ3) is 16.1. The van der Waals surface area contributed by atoms with Crippen molar-refractivity contribution in [2.24, 2.45) is 0 Å². The lowest BCUT2D eigenvalue weighted by molar-refractivity contribution is -0.134. The van der Waals surface area contributed by atoms with Gasteiger partial charge in [-0.3, -0.25) is 19.3 Å². The van der Waals surface area contributed by atoms with Crippen LogP contribution < -0.4 is 15.4 Å². The molecule has 0 radical (unpaired) electrons. The molecule has 1 atom stereocenters. The Morgan fingerprint density at radius 3 is 2.12 bits per heavy atom. The molecule has 0 saturated heterocycles. The van der Waals surface area contributed by atoms with Crippen molar-refractivity contribution in [3.63, 3.8) is 0 Å². The number of benzene rings is 1. The molecule has 0 saturated carbocycles. The fraction of sp³-hybridized carbons (Fsp3) is 0.675. The summed E-state index contributed by atoms with van der Waals surface area (Å²) in [5.74, 6) is 0.587. The van der Waals surface area contributed by atoms with Crippen molar-refractivity contribution in [3.8, 4) is 5.75 Å². The zero-order valence-corrected chi connectivity index (χ0v) is 30.8. The van der Waals surface area contributed by atoms with E-state index in [9.17, 15) is 14.4 Å². The maximum Gasteiger partial charge on any atom is 0.312 e. The lowest BCUT2D eigenvalue weighted by atomic mass is 9.86. The number of amides is 2. The smallest absolute Gasteiger partial charge is 0.312 e. The van der Waals surface area contributed by atoms with E-state index in [0.29, 0.717) is 31.2 Å². The summed E-state index contributed by atoms with van der Waals surface area (Å²) in [5.41, 5.74) is 2.45. The average molecular weight is 682 g/mol. The molecule has 1 aliphatic carbocycles. The Kier molecular flexibility index (Phi) is 20.2. The summed E-state index contributed by atoms with van der Waals surface area (Å²) in [7, 11) is 0. The Bertz CT molecular complexity index is 1190. The predicted molar refractivity (Wildman–Crippen MR) is 199 cm³/mol. The second kappa shape index (κ2) is 24.4. The molecule has 1 aromatic carbocycles. The maximum absolute atomic E-state index is 12.7. The predicted octanol–water partition coefficient (Wildman–Crippen LogP) is 8.57. The molecular formula is C40H63N3O4S. The first-order valence-corrected chi connectivity index (χ1v) is 20.0. The van der Waals surface area contributed by atoms with Gasteiger partial charge in [-0.1, -0.05) is 89.8 Å². The first-order valence-electron chi connectivity index (χ1n) is 19.1. The third-order valence-corrected chi connectivity index (χ3v) is 10.4. The molecule has 1 aromatic heterocycles. The summed E-state index contributed by atoms with van der Waals surface area (Å²) < 4.78 is 5.81. The molecule has 3 rings (SSSR count). The average Bonchev–Trinajstić information content (AvgIpc) is 3.61. The molecule has 1 heterocycles. The first-order chi connectivity index (χ1) is 23.5. The molecule has 0 fully saturated rings. The Labute approximate surface area is 295 Å². The fourth-order valence-electron chi connectivity index (χ4n) is 6.70. The van der Waals surface area contributed by atoms with Crippen LogP contribution in [0.2, 0.25) is 0 Å². The van der Waals surface area contributed by atoms with E-state index in [-0.39, 0.29) is 24.2 Å². The highest BCUT2D eigenvalue weighted by molar-refractivity contribution is 7.09. The van der Waals surface area contributed by atoms with Gasteiger partial charge in [0.2, 0.25) is 11.8 Å². The largest absolute Gasteiger partial charge is 0.426 e. The number of rotatable bonds is 26. The first kappa shape index (κ1) is 39.7. The van der Waals surface area contributed by atoms with E-state index < -0.39 is 0 Å². The van der Waals surface area contributed by atoms with Crippen LogP contribution in [-0.2, 0) is 33.6 Å². The molecule has 0 aliphatic heterocycles. The quantitative estimate of drug-likeness (QED) is 0.0590. The minimum Gasteiger partial charge on any atom is -0.426 e. The van der Waals surface area contributed by atoms with Gasteiger partial charge in [0.25, 0.3) is 0 Å². The Morgan fingerprint density at radius 2 is 1.46 bits per heavy atom. The molecule has 2 N–H and O–H groups in total. The van der Waals surface area contributed by atoms with Gasteiger partial charge in [-0.15, -0.1) is 11.3 Å². The Hall–Kier alpha value is -2.71. The number of unbranched alkanes of at least 4 members (excludes halogenated alkanes) is 10. The monoisotopic (exact) mass is 681 g/mol. The summed E-state index contributed by atoms with van der Waals surface area (Å²) in [4.78, 5) is 40.9. The number of ether oxygens (including phenoxy) is 1. The molecule has 2 aromatic rings. The van der Waals surface area contributed by atoms with Gasteiger partial charge in [-0.25, -0.2) is 0 Å². The summed E-state index contributed by atoms with van der Waals surface area (Å²) in [6.45, 7) is 7.76. The molecule has 8 heteroatoms. The number of hydrogen-bond donors (Lipinski definition) is 2. The highest BCUT2D eigenvalue weighted by Crippen LogP contribution is 2.32. The molecule has 1 unspecified atom stereocenters. The van der Waals surface area contributed by atoms with E-state index in [4.69, 9.17) is 4.74 Å². The van der Waals surface area contributed by atoms with Gasteiger partial charge in [-0.2, -0.15) is 0 Å². The molecule has 1 aliphatic rings. The molecule has 2 amide bonds. The lowest BCUT2D eigenvalue weighted by Gasteiger charge is -2.35. The summed E-state index contributed by atoms with van der Waals surface area (Å²) >= 11 is 1.84. The highest BCUT2D eigenvalue weighted by Gasteiger charge is 2.26. The van der Waals surface area contributed by atoms with Crippen LogP contribution in [0.1, 0.15) is 139 Å². The summed E-state index contributed by atoms with van der Waals surface area (Å²) in [6, 6.07) is 11.0. The topological polar surface area (TPSA) is 87.7 Å². The molecular weight excluding hydrogens is 619 g/mol. The van der Waals surface area contributed by atoms with Crippen molar-refractivity contribution < 1.29 is 19.1 Å². The van der Waals surface area contributed by atoms with Gasteiger partial charge in [0.1, 0.15) is 5.75 Å². The minimum absolute atomic E-state index is 0.00489. The van der Waals surface area contributed by atoms with Crippen molar-refractivity contribution in [2.75, 3.05) is 26.2 Å². The van der Waals surface area contributed by atoms with E-state index in [2.05, 4.69) is 53.0 Å². The lowest BCUT2D eigenvalue weighted by Crippen LogP contribution is -2.41. The number of nitrogens with one attached hydrogen (secondary N) is 2. The van der Waals surface area contributed by atoms with Crippen LogP contribution in [0.3, 0.4) is 0 Å². The van der Waals surface area contributed by atoms with Crippen LogP contribution in [0.5, 0.6) is 5.75 Å². The van der Waals surface area contributed by atoms with Crippen molar-refractivity contribution in [1.29, 1.82) is 0 Å². The van der Waals surface area contributed by atoms with Crippen molar-refractivity contribution in [1.82, 2.24) is 15.5 Å². The molecule has 0 spiro atoms. The summed E-state index contributed by atoms with van der Waals surface area (Å²) in [5, 5.41) is 8.08. The van der Waals surface area contributed by atoms with Crippen LogP contribution in [0.4, 0.5) is 0 Å². The Balaban J connectivity index is 1.21. The molecule has 7 nitrogen and oxygen atoms in total. The van der Waals surface area contributed by atoms with Gasteiger partial charge in [-0.05, 0) is 86.6 Å². The second-order valence-corrected chi connectivity index (χ2v) is 14.5. The van der Waals surface area contributed by atoms with Crippen molar-refractivity contribution in [2.45, 2.75) is 148 Å².